The molecule has 78 valence electrons. The van der Waals surface area contributed by atoms with E-state index in [-0.39, 0.29) is 23.4 Å². The lowest BCUT2D eigenvalue weighted by atomic mass is 10.2. The Hall–Kier alpha value is -0.610. The molecule has 0 spiro atoms. The van der Waals surface area contributed by atoms with Gasteiger partial charge >= 0.3 is 0 Å². The van der Waals surface area contributed by atoms with Crippen LogP contribution < -0.4 is 17.3 Å². The highest BCUT2D eigenvalue weighted by Gasteiger charge is 1.93. The normalized spacial score (nSPS) is 7.92. The number of rotatable bonds is 2. The topological polar surface area (TPSA) is 67.4 Å². The third-order valence-corrected chi connectivity index (χ3v) is 1.40. The van der Waals surface area contributed by atoms with E-state index in [4.69, 9.17) is 0 Å². The molecule has 0 saturated carbocycles. The monoisotopic (exact) mass is 207 g/mol. The van der Waals surface area contributed by atoms with Crippen molar-refractivity contribution in [3.63, 3.8) is 0 Å². The van der Waals surface area contributed by atoms with Crippen molar-refractivity contribution in [3.05, 3.63) is 35.9 Å². The lowest BCUT2D eigenvalue weighted by Gasteiger charge is -2.05. The highest BCUT2D eigenvalue weighted by molar-refractivity contribution is 5.12. The van der Waals surface area contributed by atoms with E-state index >= 15 is 0 Å². The number of halogens is 1. The average Bonchev–Trinajstić information content (AvgIpc) is 1.88. The first-order chi connectivity index (χ1) is 4.79. The van der Waals surface area contributed by atoms with E-state index in [1.165, 1.54) is 10.5 Å². The van der Waals surface area contributed by atoms with Crippen LogP contribution in [-0.2, 0) is 6.54 Å². The molecule has 0 atom stereocenters. The smallest absolute Gasteiger partial charge is 0.102 e. The van der Waals surface area contributed by atoms with E-state index in [1.807, 2.05) is 0 Å². The summed E-state index contributed by atoms with van der Waals surface area (Å²) >= 11 is 0. The minimum absolute atomic E-state index is 0. The Morgan fingerprint density at radius 1 is 1.00 bits per heavy atom. The van der Waals surface area contributed by atoms with Gasteiger partial charge in [0.2, 0.25) is 0 Å². The average molecular weight is 208 g/mol. The van der Waals surface area contributed by atoms with Gasteiger partial charge in [0.15, 0.2) is 0 Å². The van der Waals surface area contributed by atoms with Crippen molar-refractivity contribution in [1.29, 1.82) is 0 Å². The molecule has 0 radical (unpaired) electrons. The van der Waals surface area contributed by atoms with E-state index in [1.54, 1.807) is 0 Å². The number of hydrogen-bond acceptors (Lipinski definition) is 0. The predicted octanol–water partition coefficient (Wildman–Crippen LogP) is -4.31. The van der Waals surface area contributed by atoms with Crippen molar-refractivity contribution in [2.45, 2.75) is 6.54 Å². The van der Waals surface area contributed by atoms with Crippen molar-refractivity contribution in [2.75, 3.05) is 14.1 Å². The molecular formula is C9H18ClNO2. The van der Waals surface area contributed by atoms with Gasteiger partial charge in [-0.15, -0.1) is 0 Å². The van der Waals surface area contributed by atoms with Gasteiger partial charge in [0.25, 0.3) is 0 Å². The van der Waals surface area contributed by atoms with Crippen LogP contribution in [0.5, 0.6) is 0 Å². The van der Waals surface area contributed by atoms with Crippen LogP contribution in [0.15, 0.2) is 30.3 Å². The number of hydrogen-bond donors (Lipinski definition) is 1. The Bertz CT molecular complexity index is 192. The fourth-order valence-electron chi connectivity index (χ4n) is 1.00. The Morgan fingerprint density at radius 2 is 1.46 bits per heavy atom. The summed E-state index contributed by atoms with van der Waals surface area (Å²) in [7, 11) is 4.32. The molecule has 5 N–H and O–H groups in total. The summed E-state index contributed by atoms with van der Waals surface area (Å²) in [5, 5.41) is 0. The number of quaternary nitrogens is 1. The van der Waals surface area contributed by atoms with Crippen LogP contribution in [0.1, 0.15) is 5.56 Å². The summed E-state index contributed by atoms with van der Waals surface area (Å²) in [6, 6.07) is 10.5. The van der Waals surface area contributed by atoms with Crippen LogP contribution in [0.25, 0.3) is 0 Å². The Labute approximate surface area is 85.4 Å². The van der Waals surface area contributed by atoms with Crippen LogP contribution in [0.4, 0.5) is 0 Å². The second kappa shape index (κ2) is 9.48. The Morgan fingerprint density at radius 3 is 1.85 bits per heavy atom. The molecule has 3 nitrogen and oxygen atoms in total. The van der Waals surface area contributed by atoms with Crippen molar-refractivity contribution in [3.8, 4) is 0 Å². The van der Waals surface area contributed by atoms with E-state index < -0.39 is 0 Å². The molecule has 0 bridgehead atoms. The summed E-state index contributed by atoms with van der Waals surface area (Å²) in [5.74, 6) is 0. The largest absolute Gasteiger partial charge is 1.00 e. The minimum Gasteiger partial charge on any atom is -1.00 e. The third kappa shape index (κ3) is 7.74. The van der Waals surface area contributed by atoms with Gasteiger partial charge in [-0.3, -0.25) is 0 Å². The zero-order chi connectivity index (χ0) is 7.40. The maximum atomic E-state index is 2.16. The summed E-state index contributed by atoms with van der Waals surface area (Å²) in [5.41, 5.74) is 1.41. The fourth-order valence-corrected chi connectivity index (χ4v) is 1.00. The first-order valence-electron chi connectivity index (χ1n) is 3.62. The SMILES string of the molecule is C[NH+](C)Cc1ccccc1.O.O.[Cl-]. The minimum atomic E-state index is 0. The first-order valence-corrected chi connectivity index (χ1v) is 3.62. The summed E-state index contributed by atoms with van der Waals surface area (Å²) in [6.07, 6.45) is 0. The predicted molar refractivity (Wildman–Crippen MR) is 50.2 cm³/mol. The zero-order valence-electron chi connectivity index (χ0n) is 7.97. The molecule has 0 fully saturated rings. The summed E-state index contributed by atoms with van der Waals surface area (Å²) < 4.78 is 0. The van der Waals surface area contributed by atoms with Gasteiger partial charge in [0.1, 0.15) is 6.54 Å². The van der Waals surface area contributed by atoms with Gasteiger partial charge < -0.3 is 28.3 Å². The van der Waals surface area contributed by atoms with E-state index in [0.717, 1.165) is 6.54 Å². The van der Waals surface area contributed by atoms with E-state index in [2.05, 4.69) is 44.4 Å². The third-order valence-electron chi connectivity index (χ3n) is 1.40. The second-order valence-corrected chi connectivity index (χ2v) is 2.87. The van der Waals surface area contributed by atoms with E-state index in [9.17, 15) is 0 Å². The lowest BCUT2D eigenvalue weighted by molar-refractivity contribution is -0.872. The molecule has 13 heavy (non-hydrogen) atoms. The van der Waals surface area contributed by atoms with Crippen LogP contribution in [0, 0.1) is 0 Å². The molecule has 0 saturated heterocycles. The van der Waals surface area contributed by atoms with Crippen molar-refractivity contribution in [1.82, 2.24) is 0 Å². The Balaban J connectivity index is -0.000000333. The standard InChI is InChI=1S/C9H13N.ClH.2H2O/c1-10(2)8-9-6-4-3-5-7-9;;;/h3-7H,8H2,1-2H3;1H;2*1H2. The second-order valence-electron chi connectivity index (χ2n) is 2.87. The molecule has 0 amide bonds. The maximum Gasteiger partial charge on any atom is 0.102 e. The number of benzene rings is 1. The van der Waals surface area contributed by atoms with Gasteiger partial charge in [-0.05, 0) is 0 Å². The lowest BCUT2D eigenvalue weighted by Crippen LogP contribution is -3.04. The molecule has 0 aliphatic carbocycles. The highest BCUT2D eigenvalue weighted by Crippen LogP contribution is 1.94. The molecule has 1 rings (SSSR count). The highest BCUT2D eigenvalue weighted by atomic mass is 35.5. The molecule has 0 unspecified atom stereocenters. The van der Waals surface area contributed by atoms with Gasteiger partial charge in [-0.25, -0.2) is 0 Å². The maximum absolute atomic E-state index is 2.16. The molecule has 1 aromatic rings. The van der Waals surface area contributed by atoms with Crippen LogP contribution in [-0.4, -0.2) is 25.0 Å². The quantitative estimate of drug-likeness (QED) is 0.510. The molecular weight excluding hydrogens is 190 g/mol. The molecule has 0 heterocycles. The molecule has 4 heteroatoms. The molecule has 0 aliphatic heterocycles. The zero-order valence-corrected chi connectivity index (χ0v) is 8.73. The van der Waals surface area contributed by atoms with Gasteiger partial charge in [0.05, 0.1) is 14.1 Å². The number of nitrogens with one attached hydrogen (secondary N) is 1. The summed E-state index contributed by atoms with van der Waals surface area (Å²) in [6.45, 7) is 1.11. The first kappa shape index (κ1) is 18.2. The van der Waals surface area contributed by atoms with Gasteiger partial charge in [0, 0.05) is 5.56 Å². The van der Waals surface area contributed by atoms with Crippen molar-refractivity contribution < 1.29 is 28.3 Å². The van der Waals surface area contributed by atoms with Gasteiger partial charge in [-0.1, -0.05) is 30.3 Å². The van der Waals surface area contributed by atoms with Crippen molar-refractivity contribution in [2.24, 2.45) is 0 Å². The van der Waals surface area contributed by atoms with Crippen molar-refractivity contribution >= 4 is 0 Å². The van der Waals surface area contributed by atoms with Crippen LogP contribution >= 0.6 is 0 Å². The Kier molecular flexibility index (Phi) is 13.3. The molecule has 1 aromatic carbocycles. The van der Waals surface area contributed by atoms with E-state index in [0.29, 0.717) is 0 Å². The van der Waals surface area contributed by atoms with Gasteiger partial charge in [-0.2, -0.15) is 0 Å². The van der Waals surface area contributed by atoms with Crippen LogP contribution in [0.3, 0.4) is 0 Å². The molecule has 0 aliphatic rings. The molecule has 0 aromatic heterocycles. The fraction of sp³-hybridized carbons (Fsp3) is 0.333. The summed E-state index contributed by atoms with van der Waals surface area (Å²) in [4.78, 5) is 1.46. The van der Waals surface area contributed by atoms with Crippen LogP contribution in [0.2, 0.25) is 0 Å².